The fourth-order valence-corrected chi connectivity index (χ4v) is 4.78. The van der Waals surface area contributed by atoms with E-state index in [9.17, 15) is 14.4 Å². The normalized spacial score (nSPS) is 22.5. The Morgan fingerprint density at radius 1 is 0.932 bits per heavy atom. The molecule has 0 aliphatic heterocycles. The summed E-state index contributed by atoms with van der Waals surface area (Å²) in [5.74, 6) is 0.799. The van der Waals surface area contributed by atoms with Crippen LogP contribution in [0.1, 0.15) is 88.1 Å². The molecule has 44 heavy (non-hydrogen) atoms. The highest BCUT2D eigenvalue weighted by atomic mass is 16.7. The monoisotopic (exact) mass is 622 g/mol. The van der Waals surface area contributed by atoms with Crippen molar-refractivity contribution in [3.63, 3.8) is 0 Å². The molecule has 1 aromatic carbocycles. The number of rotatable bonds is 11. The highest BCUT2D eigenvalue weighted by Gasteiger charge is 2.62. The summed E-state index contributed by atoms with van der Waals surface area (Å²) in [6.45, 7) is 21.9. The Hall–Kier alpha value is -2.33. The lowest BCUT2D eigenvalue weighted by Crippen LogP contribution is -2.33. The summed E-state index contributed by atoms with van der Waals surface area (Å²) in [6.07, 6.45) is 2.28. The molecule has 0 spiro atoms. The molecule has 9 nitrogen and oxygen atoms in total. The molecule has 9 heteroatoms. The summed E-state index contributed by atoms with van der Waals surface area (Å²) in [7, 11) is 0. The number of aliphatic hydroxyl groups excluding tert-OH is 2. The third-order valence-corrected chi connectivity index (χ3v) is 7.65. The molecular weight excluding hydrogens is 564 g/mol. The predicted molar refractivity (Wildman–Crippen MR) is 170 cm³/mol. The predicted octanol–water partition coefficient (Wildman–Crippen LogP) is 5.62. The van der Waals surface area contributed by atoms with E-state index in [-0.39, 0.29) is 60.7 Å². The molecule has 2 fully saturated rings. The van der Waals surface area contributed by atoms with Gasteiger partial charge in [-0.25, -0.2) is 0 Å². The van der Waals surface area contributed by atoms with Gasteiger partial charge in [-0.05, 0) is 105 Å². The van der Waals surface area contributed by atoms with Gasteiger partial charge in [0.15, 0.2) is 6.29 Å². The molecule has 2 aliphatic rings. The molecule has 0 radical (unpaired) electrons. The number of hydrogen-bond donors (Lipinski definition) is 2. The van der Waals surface area contributed by atoms with Gasteiger partial charge in [0.2, 0.25) is 0 Å². The summed E-state index contributed by atoms with van der Waals surface area (Å²) >= 11 is 0. The van der Waals surface area contributed by atoms with Gasteiger partial charge < -0.3 is 34.0 Å². The summed E-state index contributed by atoms with van der Waals surface area (Å²) < 4.78 is 21.5. The van der Waals surface area contributed by atoms with E-state index in [0.29, 0.717) is 18.1 Å². The van der Waals surface area contributed by atoms with Crippen molar-refractivity contribution >= 4 is 18.2 Å². The van der Waals surface area contributed by atoms with Crippen LogP contribution in [0.2, 0.25) is 0 Å². The van der Waals surface area contributed by atoms with Gasteiger partial charge in [-0.3, -0.25) is 9.59 Å². The topological polar surface area (TPSA) is 129 Å². The average molecular weight is 623 g/mol. The van der Waals surface area contributed by atoms with Crippen LogP contribution in [0, 0.1) is 39.9 Å². The molecule has 2 aliphatic carbocycles. The third kappa shape index (κ3) is 13.0. The van der Waals surface area contributed by atoms with Crippen molar-refractivity contribution in [2.24, 2.45) is 39.9 Å². The molecule has 3 rings (SSSR count). The molecule has 0 amide bonds. The first-order valence-corrected chi connectivity index (χ1v) is 15.8. The minimum atomic E-state index is -0.577. The maximum atomic E-state index is 12.4. The Balaban J connectivity index is 0.000000533. The van der Waals surface area contributed by atoms with Crippen LogP contribution in [-0.4, -0.2) is 67.3 Å². The molecule has 0 bridgehead atoms. The second-order valence-electron chi connectivity index (χ2n) is 14.5. The number of aliphatic hydroxyl groups is 2. The lowest BCUT2D eigenvalue weighted by atomic mass is 9.89. The first-order chi connectivity index (χ1) is 20.3. The van der Waals surface area contributed by atoms with Crippen molar-refractivity contribution in [3.05, 3.63) is 29.8 Å². The maximum absolute atomic E-state index is 12.4. The van der Waals surface area contributed by atoms with Crippen LogP contribution in [0.25, 0.3) is 0 Å². The van der Waals surface area contributed by atoms with Crippen LogP contribution in [0.3, 0.4) is 0 Å². The number of benzene rings is 1. The van der Waals surface area contributed by atoms with Crippen molar-refractivity contribution in [3.8, 4) is 5.75 Å². The summed E-state index contributed by atoms with van der Waals surface area (Å²) in [4.78, 5) is 36.0. The summed E-state index contributed by atoms with van der Waals surface area (Å²) in [5.41, 5.74) is -0.419. The highest BCUT2D eigenvalue weighted by molar-refractivity contribution is 5.78. The Labute approximate surface area is 265 Å². The molecule has 2 saturated carbocycles. The van der Waals surface area contributed by atoms with E-state index < -0.39 is 10.8 Å². The molecular formula is C35H58O9. The molecule has 5 atom stereocenters. The zero-order valence-electron chi connectivity index (χ0n) is 28.8. The zero-order valence-corrected chi connectivity index (χ0v) is 28.8. The number of esters is 2. The van der Waals surface area contributed by atoms with Crippen molar-refractivity contribution < 1.29 is 43.5 Å². The molecule has 2 N–H and O–H groups in total. The van der Waals surface area contributed by atoms with Crippen molar-refractivity contribution in [1.29, 1.82) is 0 Å². The van der Waals surface area contributed by atoms with E-state index in [0.717, 1.165) is 31.5 Å². The number of carbonyl (C=O) groups excluding carboxylic acids is 3. The molecule has 0 heterocycles. The van der Waals surface area contributed by atoms with E-state index in [4.69, 9.17) is 29.2 Å². The summed E-state index contributed by atoms with van der Waals surface area (Å²) in [5, 5.41) is 16.9. The molecule has 0 aromatic heterocycles. The first kappa shape index (κ1) is 39.7. The van der Waals surface area contributed by atoms with Crippen molar-refractivity contribution in [2.45, 2.75) is 101 Å². The lowest BCUT2D eigenvalue weighted by molar-refractivity contribution is -0.161. The second-order valence-corrected chi connectivity index (χ2v) is 14.5. The molecule has 252 valence electrons. The number of carbonyl (C=O) groups is 3. The quantitative estimate of drug-likeness (QED) is 0.140. The maximum Gasteiger partial charge on any atom is 0.316 e. The van der Waals surface area contributed by atoms with Crippen LogP contribution in [0.4, 0.5) is 0 Å². The van der Waals surface area contributed by atoms with Crippen LogP contribution < -0.4 is 4.74 Å². The van der Waals surface area contributed by atoms with Gasteiger partial charge >= 0.3 is 11.9 Å². The number of fused-ring (bicyclic) bond motifs is 1. The Bertz CT molecular complexity index is 1030. The molecule has 5 unspecified atom stereocenters. The standard InChI is InChI=1S/C24H32O5.C6H14O2.C5H12O2/c1-23(2,3)21(26)28-15-9-7-8-14(10-15)11-17-19(29-22(27)24(4,5)6)12-16-18(13-25)20(16)17;1-4-7-6(3)8-5-2;1-5(2,3-6)4-7/h7-10,13,16-20H,11-12H2,1-6H3;6H,4-5H2,1-3H3;6-7H,3-4H2,1-2H3. The minimum Gasteiger partial charge on any atom is -0.462 e. The van der Waals surface area contributed by atoms with E-state index in [1.54, 1.807) is 19.9 Å². The van der Waals surface area contributed by atoms with Crippen LogP contribution in [0.15, 0.2) is 24.3 Å². The van der Waals surface area contributed by atoms with Crippen LogP contribution >= 0.6 is 0 Å². The van der Waals surface area contributed by atoms with Crippen molar-refractivity contribution in [1.82, 2.24) is 0 Å². The lowest BCUT2D eigenvalue weighted by Gasteiger charge is -2.27. The minimum absolute atomic E-state index is 0.0370. The second kappa shape index (κ2) is 17.4. The van der Waals surface area contributed by atoms with Gasteiger partial charge in [-0.2, -0.15) is 0 Å². The largest absolute Gasteiger partial charge is 0.462 e. The highest BCUT2D eigenvalue weighted by Crippen LogP contribution is 2.61. The zero-order chi connectivity index (χ0) is 33.9. The van der Waals surface area contributed by atoms with Crippen LogP contribution in [0.5, 0.6) is 5.75 Å². The Morgan fingerprint density at radius 3 is 1.91 bits per heavy atom. The third-order valence-electron chi connectivity index (χ3n) is 7.65. The van der Waals surface area contributed by atoms with Gasteiger partial charge in [-0.15, -0.1) is 0 Å². The average Bonchev–Trinajstić information content (AvgIpc) is 3.52. The van der Waals surface area contributed by atoms with Gasteiger partial charge in [0, 0.05) is 30.5 Å². The molecule has 0 saturated heterocycles. The first-order valence-electron chi connectivity index (χ1n) is 15.8. The van der Waals surface area contributed by atoms with Gasteiger partial charge in [0.05, 0.1) is 24.0 Å². The van der Waals surface area contributed by atoms with E-state index in [1.807, 2.05) is 80.5 Å². The number of ether oxygens (including phenoxy) is 4. The smallest absolute Gasteiger partial charge is 0.316 e. The fourth-order valence-electron chi connectivity index (χ4n) is 4.78. The Morgan fingerprint density at radius 2 is 1.48 bits per heavy atom. The Kier molecular flexibility index (Phi) is 15.7. The van der Waals surface area contributed by atoms with Gasteiger partial charge in [0.25, 0.3) is 0 Å². The SMILES string of the molecule is CC(C)(C)C(=O)Oc1cccc(CC2C(OC(=O)C(C)(C)C)CC3C(C=O)C23)c1.CC(C)(CO)CO.CCOC(C)OCC. The van der Waals surface area contributed by atoms with Crippen molar-refractivity contribution in [2.75, 3.05) is 26.4 Å². The van der Waals surface area contributed by atoms with E-state index in [1.165, 1.54) is 0 Å². The van der Waals surface area contributed by atoms with E-state index >= 15 is 0 Å². The van der Waals surface area contributed by atoms with Crippen LogP contribution in [-0.2, 0) is 35.0 Å². The van der Waals surface area contributed by atoms with Gasteiger partial charge in [-0.1, -0.05) is 26.0 Å². The molecule has 1 aromatic rings. The van der Waals surface area contributed by atoms with Gasteiger partial charge in [0.1, 0.15) is 18.1 Å². The van der Waals surface area contributed by atoms with E-state index in [2.05, 4.69) is 0 Å². The fraction of sp³-hybridized carbons (Fsp3) is 0.743. The number of hydrogen-bond acceptors (Lipinski definition) is 9. The number of aldehydes is 1. The summed E-state index contributed by atoms with van der Waals surface area (Å²) in [6, 6.07) is 7.50.